The molecule has 0 bridgehead atoms. The Morgan fingerprint density at radius 1 is 1.29 bits per heavy atom. The van der Waals surface area contributed by atoms with Crippen molar-refractivity contribution in [3.05, 3.63) is 30.5 Å². The highest BCUT2D eigenvalue weighted by molar-refractivity contribution is 5.98. The van der Waals surface area contributed by atoms with Crippen molar-refractivity contribution in [2.24, 2.45) is 11.3 Å². The lowest BCUT2D eigenvalue weighted by Gasteiger charge is -2.37. The molecule has 1 saturated carbocycles. The van der Waals surface area contributed by atoms with Gasteiger partial charge in [0.05, 0.1) is 5.41 Å². The zero-order valence-electron chi connectivity index (χ0n) is 12.1. The van der Waals surface area contributed by atoms with Crippen LogP contribution < -0.4 is 10.6 Å². The summed E-state index contributed by atoms with van der Waals surface area (Å²) in [6, 6.07) is 8.08. The largest absolute Gasteiger partial charge is 0.361 e. The summed E-state index contributed by atoms with van der Waals surface area (Å²) in [5.41, 5.74) is 1.81. The van der Waals surface area contributed by atoms with E-state index >= 15 is 0 Å². The van der Waals surface area contributed by atoms with Crippen LogP contribution in [0.3, 0.4) is 0 Å². The number of amides is 1. The van der Waals surface area contributed by atoms with Gasteiger partial charge in [-0.25, -0.2) is 0 Å². The first-order valence-electron chi connectivity index (χ1n) is 7.87. The van der Waals surface area contributed by atoms with E-state index in [1.807, 2.05) is 30.5 Å². The van der Waals surface area contributed by atoms with Gasteiger partial charge < -0.3 is 15.6 Å². The number of benzene rings is 1. The molecule has 4 rings (SSSR count). The van der Waals surface area contributed by atoms with Crippen molar-refractivity contribution in [3.8, 4) is 0 Å². The number of fused-ring (bicyclic) bond motifs is 2. The fourth-order valence-corrected chi connectivity index (χ4v) is 4.08. The van der Waals surface area contributed by atoms with E-state index < -0.39 is 0 Å². The molecule has 110 valence electrons. The first kappa shape index (κ1) is 12.9. The Kier molecular flexibility index (Phi) is 3.00. The van der Waals surface area contributed by atoms with Crippen LogP contribution in [-0.4, -0.2) is 24.0 Å². The molecule has 0 radical (unpaired) electrons. The first-order valence-corrected chi connectivity index (χ1v) is 7.87. The molecule has 4 nitrogen and oxygen atoms in total. The summed E-state index contributed by atoms with van der Waals surface area (Å²) in [5.74, 6) is 0.703. The van der Waals surface area contributed by atoms with E-state index in [0.29, 0.717) is 5.92 Å². The van der Waals surface area contributed by atoms with E-state index in [-0.39, 0.29) is 11.3 Å². The fraction of sp³-hybridized carbons (Fsp3) is 0.471. The van der Waals surface area contributed by atoms with Crippen molar-refractivity contribution in [2.45, 2.75) is 25.7 Å². The predicted molar refractivity (Wildman–Crippen MR) is 84.2 cm³/mol. The molecule has 2 fully saturated rings. The SMILES string of the molecule is O=C(Nc1ccc2[nH]ccc2c1)[C@@]12CCCC[C@H]1CNC2. The Morgan fingerprint density at radius 3 is 3.19 bits per heavy atom. The lowest BCUT2D eigenvalue weighted by atomic mass is 9.67. The number of H-pyrrole nitrogens is 1. The van der Waals surface area contributed by atoms with Crippen LogP contribution in [0.15, 0.2) is 30.5 Å². The molecule has 0 spiro atoms. The van der Waals surface area contributed by atoms with Crippen LogP contribution in [-0.2, 0) is 4.79 Å². The number of hydrogen-bond acceptors (Lipinski definition) is 2. The first-order chi connectivity index (χ1) is 10.3. The maximum Gasteiger partial charge on any atom is 0.232 e. The van der Waals surface area contributed by atoms with Gasteiger partial charge in [0.1, 0.15) is 0 Å². The molecule has 2 aliphatic rings. The minimum Gasteiger partial charge on any atom is -0.361 e. The Bertz CT molecular complexity index is 677. The van der Waals surface area contributed by atoms with Crippen molar-refractivity contribution in [3.63, 3.8) is 0 Å². The van der Waals surface area contributed by atoms with Crippen molar-refractivity contribution in [1.82, 2.24) is 10.3 Å². The average molecular weight is 283 g/mol. The highest BCUT2D eigenvalue weighted by atomic mass is 16.2. The summed E-state index contributed by atoms with van der Waals surface area (Å²) >= 11 is 0. The Labute approximate surface area is 124 Å². The van der Waals surface area contributed by atoms with E-state index in [1.54, 1.807) is 0 Å². The molecular weight excluding hydrogens is 262 g/mol. The molecular formula is C17H21N3O. The van der Waals surface area contributed by atoms with E-state index in [1.165, 1.54) is 19.3 Å². The summed E-state index contributed by atoms with van der Waals surface area (Å²) in [4.78, 5) is 16.1. The fourth-order valence-electron chi connectivity index (χ4n) is 4.08. The molecule has 2 aromatic rings. The van der Waals surface area contributed by atoms with E-state index in [2.05, 4.69) is 15.6 Å². The molecule has 21 heavy (non-hydrogen) atoms. The summed E-state index contributed by atoms with van der Waals surface area (Å²) < 4.78 is 0. The van der Waals surface area contributed by atoms with Gasteiger partial charge in [-0.15, -0.1) is 0 Å². The topological polar surface area (TPSA) is 56.9 Å². The van der Waals surface area contributed by atoms with Gasteiger partial charge in [-0.05, 0) is 49.6 Å². The number of hydrogen-bond donors (Lipinski definition) is 3. The lowest BCUT2D eigenvalue weighted by Crippen LogP contribution is -2.44. The normalized spacial score (nSPS) is 28.5. The summed E-state index contributed by atoms with van der Waals surface area (Å²) in [6.07, 6.45) is 6.55. The van der Waals surface area contributed by atoms with E-state index in [4.69, 9.17) is 0 Å². The molecule has 0 unspecified atom stereocenters. The second kappa shape index (κ2) is 4.88. The van der Waals surface area contributed by atoms with E-state index in [0.717, 1.165) is 36.1 Å². The second-order valence-electron chi connectivity index (χ2n) is 6.46. The second-order valence-corrected chi connectivity index (χ2v) is 6.46. The molecule has 1 saturated heterocycles. The predicted octanol–water partition coefficient (Wildman–Crippen LogP) is 2.89. The Morgan fingerprint density at radius 2 is 2.24 bits per heavy atom. The zero-order valence-corrected chi connectivity index (χ0v) is 12.1. The third-order valence-electron chi connectivity index (χ3n) is 5.30. The van der Waals surface area contributed by atoms with Gasteiger partial charge in [-0.3, -0.25) is 4.79 Å². The standard InChI is InChI=1S/C17H21N3O/c21-16(17-7-2-1-3-13(17)10-18-11-17)20-14-4-5-15-12(9-14)6-8-19-15/h4-6,8-9,13,18-19H,1-3,7,10-11H2,(H,20,21)/t13-,17+/m0/s1. The Hall–Kier alpha value is -1.81. The molecule has 4 heteroatoms. The van der Waals surface area contributed by atoms with Gasteiger partial charge in [-0.1, -0.05) is 12.8 Å². The number of carbonyl (C=O) groups excluding carboxylic acids is 1. The van der Waals surface area contributed by atoms with Crippen molar-refractivity contribution in [2.75, 3.05) is 18.4 Å². The lowest BCUT2D eigenvalue weighted by molar-refractivity contribution is -0.128. The summed E-state index contributed by atoms with van der Waals surface area (Å²) in [7, 11) is 0. The minimum absolute atomic E-state index is 0.189. The van der Waals surface area contributed by atoms with Crippen LogP contribution in [0.1, 0.15) is 25.7 Å². The van der Waals surface area contributed by atoms with Crippen LogP contribution in [0.25, 0.3) is 10.9 Å². The molecule has 2 atom stereocenters. The Balaban J connectivity index is 1.59. The number of aromatic amines is 1. The van der Waals surface area contributed by atoms with Crippen LogP contribution in [0.4, 0.5) is 5.69 Å². The van der Waals surface area contributed by atoms with E-state index in [9.17, 15) is 4.79 Å². The molecule has 3 N–H and O–H groups in total. The number of carbonyl (C=O) groups is 1. The molecule has 1 amide bonds. The van der Waals surface area contributed by atoms with Gasteiger partial charge in [0, 0.05) is 29.3 Å². The molecule has 1 aromatic carbocycles. The van der Waals surface area contributed by atoms with Gasteiger partial charge in [-0.2, -0.15) is 0 Å². The number of aromatic nitrogens is 1. The zero-order chi connectivity index (χ0) is 14.3. The maximum atomic E-state index is 12.9. The monoisotopic (exact) mass is 283 g/mol. The van der Waals surface area contributed by atoms with Crippen LogP contribution in [0, 0.1) is 11.3 Å². The third-order valence-corrected chi connectivity index (χ3v) is 5.30. The third kappa shape index (κ3) is 2.05. The number of rotatable bonds is 2. The molecule has 1 aliphatic heterocycles. The molecule has 2 heterocycles. The van der Waals surface area contributed by atoms with Gasteiger partial charge >= 0.3 is 0 Å². The van der Waals surface area contributed by atoms with Crippen molar-refractivity contribution < 1.29 is 4.79 Å². The average Bonchev–Trinajstić information content (AvgIpc) is 3.13. The highest BCUT2D eigenvalue weighted by Crippen LogP contribution is 2.44. The summed E-state index contributed by atoms with van der Waals surface area (Å²) in [6.45, 7) is 1.82. The highest BCUT2D eigenvalue weighted by Gasteiger charge is 2.49. The van der Waals surface area contributed by atoms with Crippen LogP contribution >= 0.6 is 0 Å². The molecule has 1 aromatic heterocycles. The molecule has 1 aliphatic carbocycles. The van der Waals surface area contributed by atoms with Crippen LogP contribution in [0.2, 0.25) is 0 Å². The number of anilines is 1. The van der Waals surface area contributed by atoms with Gasteiger partial charge in [0.25, 0.3) is 0 Å². The number of nitrogens with one attached hydrogen (secondary N) is 3. The van der Waals surface area contributed by atoms with Gasteiger partial charge in [0.15, 0.2) is 0 Å². The summed E-state index contributed by atoms with van der Waals surface area (Å²) in [5, 5.41) is 7.73. The minimum atomic E-state index is -0.189. The van der Waals surface area contributed by atoms with Gasteiger partial charge in [0.2, 0.25) is 5.91 Å². The quantitative estimate of drug-likeness (QED) is 0.793. The maximum absolute atomic E-state index is 12.9. The van der Waals surface area contributed by atoms with Crippen molar-refractivity contribution >= 4 is 22.5 Å². The van der Waals surface area contributed by atoms with Crippen LogP contribution in [0.5, 0.6) is 0 Å². The van der Waals surface area contributed by atoms with Crippen molar-refractivity contribution in [1.29, 1.82) is 0 Å². The smallest absolute Gasteiger partial charge is 0.232 e.